The van der Waals surface area contributed by atoms with Gasteiger partial charge in [0.05, 0.1) is 12.7 Å². The molecule has 0 saturated carbocycles. The lowest BCUT2D eigenvalue weighted by Gasteiger charge is -2.27. The second-order valence-electron chi connectivity index (χ2n) is 7.35. The van der Waals surface area contributed by atoms with Crippen LogP contribution in [-0.2, 0) is 14.9 Å². The number of methoxy groups -OCH3 is 1. The molecule has 1 aliphatic rings. The highest BCUT2D eigenvalue weighted by Gasteiger charge is 2.48. The van der Waals surface area contributed by atoms with E-state index in [1.165, 1.54) is 7.11 Å². The first-order valence-electron chi connectivity index (χ1n) is 9.60. The van der Waals surface area contributed by atoms with Crippen molar-refractivity contribution in [2.75, 3.05) is 20.2 Å². The number of likely N-dealkylation sites (tertiary alicyclic amines) is 1. The van der Waals surface area contributed by atoms with Gasteiger partial charge in [0, 0.05) is 24.3 Å². The summed E-state index contributed by atoms with van der Waals surface area (Å²) >= 11 is 0. The summed E-state index contributed by atoms with van der Waals surface area (Å²) in [6.07, 6.45) is 0.521. The fraction of sp³-hybridized carbons (Fsp3) is 0.261. The van der Waals surface area contributed by atoms with Crippen LogP contribution in [0.3, 0.4) is 0 Å². The lowest BCUT2D eigenvalue weighted by molar-refractivity contribution is -0.147. The number of benzene rings is 2. The van der Waals surface area contributed by atoms with Gasteiger partial charge in [-0.3, -0.25) is 14.7 Å². The Morgan fingerprint density at radius 3 is 2.38 bits per heavy atom. The first-order chi connectivity index (χ1) is 14.1. The predicted molar refractivity (Wildman–Crippen MR) is 109 cm³/mol. The number of esters is 1. The van der Waals surface area contributed by atoms with Crippen LogP contribution in [-0.4, -0.2) is 47.2 Å². The fourth-order valence-corrected chi connectivity index (χ4v) is 4.11. The Bertz CT molecular complexity index is 1030. The van der Waals surface area contributed by atoms with Crippen LogP contribution in [0.5, 0.6) is 0 Å². The van der Waals surface area contributed by atoms with Gasteiger partial charge < -0.3 is 9.64 Å². The number of aryl methyl sites for hydroxylation is 1. The van der Waals surface area contributed by atoms with E-state index < -0.39 is 5.41 Å². The number of carbonyl (C=O) groups is 2. The number of aromatic nitrogens is 2. The van der Waals surface area contributed by atoms with Gasteiger partial charge in [-0.1, -0.05) is 60.7 Å². The summed E-state index contributed by atoms with van der Waals surface area (Å²) in [6, 6.07) is 19.2. The molecule has 1 aromatic heterocycles. The minimum absolute atomic E-state index is 0.128. The number of amides is 1. The summed E-state index contributed by atoms with van der Waals surface area (Å²) in [5.74, 6) is -0.442. The molecule has 0 bridgehead atoms. The van der Waals surface area contributed by atoms with Crippen molar-refractivity contribution in [1.29, 1.82) is 0 Å². The molecule has 0 aliphatic carbocycles. The fourth-order valence-electron chi connectivity index (χ4n) is 4.11. The van der Waals surface area contributed by atoms with E-state index in [9.17, 15) is 9.59 Å². The second-order valence-corrected chi connectivity index (χ2v) is 7.35. The Labute approximate surface area is 169 Å². The summed E-state index contributed by atoms with van der Waals surface area (Å²) < 4.78 is 5.13. The van der Waals surface area contributed by atoms with Crippen LogP contribution in [0.1, 0.15) is 28.0 Å². The Morgan fingerprint density at radius 1 is 1.07 bits per heavy atom. The third-order valence-electron chi connectivity index (χ3n) is 5.67. The number of nitrogens with zero attached hydrogens (tertiary/aromatic N) is 2. The molecule has 148 valence electrons. The zero-order valence-corrected chi connectivity index (χ0v) is 16.5. The zero-order valence-electron chi connectivity index (χ0n) is 16.5. The van der Waals surface area contributed by atoms with Crippen molar-refractivity contribution in [2.24, 2.45) is 0 Å². The van der Waals surface area contributed by atoms with Crippen molar-refractivity contribution in [3.63, 3.8) is 0 Å². The molecule has 6 heteroatoms. The van der Waals surface area contributed by atoms with E-state index in [0.29, 0.717) is 29.9 Å². The maximum absolute atomic E-state index is 13.5. The molecule has 0 spiro atoms. The normalized spacial score (nSPS) is 18.6. The van der Waals surface area contributed by atoms with Crippen LogP contribution in [0.25, 0.3) is 11.3 Å². The van der Waals surface area contributed by atoms with Gasteiger partial charge in [-0.2, -0.15) is 5.10 Å². The molecule has 0 radical (unpaired) electrons. The van der Waals surface area contributed by atoms with Gasteiger partial charge in [0.25, 0.3) is 5.91 Å². The van der Waals surface area contributed by atoms with Crippen LogP contribution in [0.15, 0.2) is 60.7 Å². The maximum Gasteiger partial charge on any atom is 0.318 e. The highest BCUT2D eigenvalue weighted by molar-refractivity contribution is 6.02. The zero-order chi connectivity index (χ0) is 20.4. The van der Waals surface area contributed by atoms with Gasteiger partial charge in [0.1, 0.15) is 11.1 Å². The second kappa shape index (κ2) is 7.54. The summed E-state index contributed by atoms with van der Waals surface area (Å²) in [4.78, 5) is 28.0. The molecule has 4 rings (SSSR count). The smallest absolute Gasteiger partial charge is 0.318 e. The van der Waals surface area contributed by atoms with E-state index in [1.807, 2.05) is 67.6 Å². The minimum atomic E-state index is -0.851. The Hall–Kier alpha value is -3.41. The van der Waals surface area contributed by atoms with Gasteiger partial charge in [0.15, 0.2) is 0 Å². The quantitative estimate of drug-likeness (QED) is 0.695. The Balaban J connectivity index is 1.69. The molecule has 2 aromatic carbocycles. The van der Waals surface area contributed by atoms with Crippen molar-refractivity contribution >= 4 is 11.9 Å². The molecule has 1 amide bonds. The standard InChI is InChI=1S/C23H23N3O3/c1-16-19(20(25-24-16)17-9-5-3-6-10-17)21(27)26-14-13-23(15-26,22(28)29-2)18-11-7-4-8-12-18/h3-12H,13-15H2,1-2H3,(H,24,25). The highest BCUT2D eigenvalue weighted by Crippen LogP contribution is 2.37. The van der Waals surface area contributed by atoms with E-state index in [2.05, 4.69) is 10.2 Å². The molecule has 1 N–H and O–H groups in total. The van der Waals surface area contributed by atoms with E-state index in [0.717, 1.165) is 11.1 Å². The number of hydrogen-bond donors (Lipinski definition) is 1. The van der Waals surface area contributed by atoms with Crippen LogP contribution < -0.4 is 0 Å². The summed E-state index contributed by atoms with van der Waals surface area (Å²) in [5, 5.41) is 7.30. The van der Waals surface area contributed by atoms with Gasteiger partial charge >= 0.3 is 5.97 Å². The number of hydrogen-bond acceptors (Lipinski definition) is 4. The summed E-state index contributed by atoms with van der Waals surface area (Å²) in [7, 11) is 1.39. The Kier molecular flexibility index (Phi) is 4.92. The first-order valence-corrected chi connectivity index (χ1v) is 9.60. The number of nitrogens with one attached hydrogen (secondary N) is 1. The van der Waals surface area contributed by atoms with Crippen molar-refractivity contribution in [3.8, 4) is 11.3 Å². The lowest BCUT2D eigenvalue weighted by Crippen LogP contribution is -2.41. The van der Waals surface area contributed by atoms with E-state index >= 15 is 0 Å². The molecular formula is C23H23N3O3. The molecule has 1 saturated heterocycles. The van der Waals surface area contributed by atoms with Crippen molar-refractivity contribution in [3.05, 3.63) is 77.5 Å². The molecule has 1 atom stereocenters. The maximum atomic E-state index is 13.5. The molecule has 1 fully saturated rings. The van der Waals surface area contributed by atoms with Gasteiger partial charge in [0.2, 0.25) is 0 Å². The predicted octanol–water partition coefficient (Wildman–Crippen LogP) is 3.34. The van der Waals surface area contributed by atoms with Crippen molar-refractivity contribution < 1.29 is 14.3 Å². The van der Waals surface area contributed by atoms with E-state index in [1.54, 1.807) is 4.90 Å². The Morgan fingerprint density at radius 2 is 1.72 bits per heavy atom. The van der Waals surface area contributed by atoms with Crippen molar-refractivity contribution in [2.45, 2.75) is 18.8 Å². The molecule has 2 heterocycles. The molecule has 1 unspecified atom stereocenters. The monoisotopic (exact) mass is 389 g/mol. The summed E-state index contributed by atoms with van der Waals surface area (Å²) in [6.45, 7) is 2.59. The highest BCUT2D eigenvalue weighted by atomic mass is 16.5. The third kappa shape index (κ3) is 3.20. The molecule has 3 aromatic rings. The number of carbonyl (C=O) groups excluding carboxylic acids is 2. The van der Waals surface area contributed by atoms with Gasteiger partial charge in [-0.25, -0.2) is 0 Å². The van der Waals surface area contributed by atoms with E-state index in [-0.39, 0.29) is 18.4 Å². The largest absolute Gasteiger partial charge is 0.468 e. The van der Waals surface area contributed by atoms with Crippen LogP contribution in [0, 0.1) is 6.92 Å². The average molecular weight is 389 g/mol. The van der Waals surface area contributed by atoms with Crippen LogP contribution in [0.2, 0.25) is 0 Å². The van der Waals surface area contributed by atoms with Crippen LogP contribution in [0.4, 0.5) is 0 Å². The minimum Gasteiger partial charge on any atom is -0.468 e. The number of ether oxygens (including phenoxy) is 1. The topological polar surface area (TPSA) is 75.3 Å². The van der Waals surface area contributed by atoms with E-state index in [4.69, 9.17) is 4.74 Å². The molecule has 6 nitrogen and oxygen atoms in total. The van der Waals surface area contributed by atoms with Gasteiger partial charge in [-0.05, 0) is 18.9 Å². The lowest BCUT2D eigenvalue weighted by atomic mass is 9.79. The average Bonchev–Trinajstić information content (AvgIpc) is 3.39. The van der Waals surface area contributed by atoms with Crippen molar-refractivity contribution in [1.82, 2.24) is 15.1 Å². The van der Waals surface area contributed by atoms with Gasteiger partial charge in [-0.15, -0.1) is 0 Å². The molecular weight excluding hydrogens is 366 g/mol. The third-order valence-corrected chi connectivity index (χ3v) is 5.67. The van der Waals surface area contributed by atoms with Crippen LogP contribution >= 0.6 is 0 Å². The SMILES string of the molecule is COC(=O)C1(c2ccccc2)CCN(C(=O)c2c(-c3ccccc3)n[nH]c2C)C1. The number of aromatic amines is 1. The first kappa shape index (κ1) is 18.9. The molecule has 29 heavy (non-hydrogen) atoms. The number of H-pyrrole nitrogens is 1. The number of rotatable bonds is 4. The molecule has 1 aliphatic heterocycles. The summed E-state index contributed by atoms with van der Waals surface area (Å²) in [5.41, 5.74) is 2.78.